The van der Waals surface area contributed by atoms with Gasteiger partial charge in [-0.2, -0.15) is 0 Å². The summed E-state index contributed by atoms with van der Waals surface area (Å²) in [4.78, 5) is 11.6. The quantitative estimate of drug-likeness (QED) is 0.816. The molecule has 3 rings (SSSR count). The predicted octanol–water partition coefficient (Wildman–Crippen LogP) is 3.37. The van der Waals surface area contributed by atoms with Gasteiger partial charge in [-0.1, -0.05) is 31.4 Å². The van der Waals surface area contributed by atoms with E-state index in [0.717, 1.165) is 32.1 Å². The highest BCUT2D eigenvalue weighted by Crippen LogP contribution is 2.44. The molecule has 1 aliphatic carbocycles. The van der Waals surface area contributed by atoms with Crippen LogP contribution in [-0.4, -0.2) is 17.1 Å². The molecule has 3 unspecified atom stereocenters. The van der Waals surface area contributed by atoms with Gasteiger partial charge >= 0.3 is 5.97 Å². The van der Waals surface area contributed by atoms with Gasteiger partial charge in [-0.15, -0.1) is 0 Å². The Labute approximate surface area is 111 Å². The van der Waals surface area contributed by atoms with Gasteiger partial charge in [0.1, 0.15) is 5.82 Å². The SMILES string of the molecule is O=C(O)C1c2cccc(F)c2NC2CCCCCC21. The first kappa shape index (κ1) is 12.5. The summed E-state index contributed by atoms with van der Waals surface area (Å²) >= 11 is 0. The lowest BCUT2D eigenvalue weighted by Crippen LogP contribution is -2.40. The Bertz CT molecular complexity index is 503. The second-order valence-corrected chi connectivity index (χ2v) is 5.57. The molecule has 102 valence electrons. The third-order valence-electron chi connectivity index (χ3n) is 4.47. The minimum Gasteiger partial charge on any atom is -0.481 e. The van der Waals surface area contributed by atoms with Gasteiger partial charge in [0.25, 0.3) is 0 Å². The van der Waals surface area contributed by atoms with Gasteiger partial charge in [0.05, 0.1) is 11.6 Å². The number of nitrogens with one attached hydrogen (secondary N) is 1. The first-order valence-corrected chi connectivity index (χ1v) is 6.96. The molecule has 0 bridgehead atoms. The van der Waals surface area contributed by atoms with Gasteiger partial charge in [0.15, 0.2) is 0 Å². The predicted molar refractivity (Wildman–Crippen MR) is 70.8 cm³/mol. The first-order valence-electron chi connectivity index (χ1n) is 6.96. The Balaban J connectivity index is 2.08. The topological polar surface area (TPSA) is 49.3 Å². The van der Waals surface area contributed by atoms with Gasteiger partial charge in [-0.05, 0) is 30.4 Å². The Kier molecular flexibility index (Phi) is 3.17. The molecule has 4 heteroatoms. The average Bonchev–Trinajstić information content (AvgIpc) is 2.61. The third-order valence-corrected chi connectivity index (χ3v) is 4.47. The van der Waals surface area contributed by atoms with Gasteiger partial charge < -0.3 is 10.4 Å². The van der Waals surface area contributed by atoms with E-state index in [0.29, 0.717) is 11.3 Å². The van der Waals surface area contributed by atoms with E-state index < -0.39 is 11.9 Å². The van der Waals surface area contributed by atoms with Crippen molar-refractivity contribution in [3.8, 4) is 0 Å². The van der Waals surface area contributed by atoms with Crippen molar-refractivity contribution in [3.63, 3.8) is 0 Å². The molecule has 1 heterocycles. The molecule has 1 aromatic carbocycles. The first-order chi connectivity index (χ1) is 9.18. The van der Waals surface area contributed by atoms with E-state index in [1.165, 1.54) is 6.07 Å². The van der Waals surface area contributed by atoms with Crippen molar-refractivity contribution in [2.24, 2.45) is 5.92 Å². The zero-order chi connectivity index (χ0) is 13.4. The zero-order valence-electron chi connectivity index (χ0n) is 10.7. The van der Waals surface area contributed by atoms with Crippen molar-refractivity contribution in [2.75, 3.05) is 5.32 Å². The smallest absolute Gasteiger partial charge is 0.311 e. The number of hydrogen-bond donors (Lipinski definition) is 2. The van der Waals surface area contributed by atoms with Crippen molar-refractivity contribution in [2.45, 2.75) is 44.1 Å². The van der Waals surface area contributed by atoms with E-state index in [1.807, 2.05) is 0 Å². The second kappa shape index (κ2) is 4.83. The summed E-state index contributed by atoms with van der Waals surface area (Å²) < 4.78 is 13.9. The molecule has 1 aliphatic heterocycles. The summed E-state index contributed by atoms with van der Waals surface area (Å²) in [6.45, 7) is 0. The lowest BCUT2D eigenvalue weighted by Gasteiger charge is -2.38. The van der Waals surface area contributed by atoms with Crippen LogP contribution in [-0.2, 0) is 4.79 Å². The molecule has 1 saturated carbocycles. The maximum absolute atomic E-state index is 13.9. The van der Waals surface area contributed by atoms with Gasteiger partial charge in [-0.25, -0.2) is 4.39 Å². The van der Waals surface area contributed by atoms with Crippen molar-refractivity contribution in [1.29, 1.82) is 0 Å². The number of carboxylic acids is 1. The van der Waals surface area contributed by atoms with E-state index in [9.17, 15) is 14.3 Å². The molecule has 1 aromatic rings. The number of benzene rings is 1. The molecule has 0 aromatic heterocycles. The number of carboxylic acid groups (broad SMARTS) is 1. The molecular weight excluding hydrogens is 245 g/mol. The van der Waals surface area contributed by atoms with Crippen molar-refractivity contribution >= 4 is 11.7 Å². The normalized spacial score (nSPS) is 29.6. The Morgan fingerprint density at radius 3 is 2.84 bits per heavy atom. The molecule has 0 amide bonds. The number of rotatable bonds is 1. The van der Waals surface area contributed by atoms with Crippen LogP contribution in [0.1, 0.15) is 43.6 Å². The van der Waals surface area contributed by atoms with E-state index in [1.54, 1.807) is 12.1 Å². The van der Waals surface area contributed by atoms with E-state index >= 15 is 0 Å². The highest BCUT2D eigenvalue weighted by molar-refractivity contribution is 5.81. The van der Waals surface area contributed by atoms with Crippen LogP contribution in [0.3, 0.4) is 0 Å². The molecule has 3 atom stereocenters. The second-order valence-electron chi connectivity index (χ2n) is 5.57. The van der Waals surface area contributed by atoms with E-state index in [4.69, 9.17) is 0 Å². The number of aliphatic carboxylic acids is 1. The minimum absolute atomic E-state index is 0.0781. The number of hydrogen-bond acceptors (Lipinski definition) is 2. The third kappa shape index (κ3) is 2.09. The van der Waals surface area contributed by atoms with Crippen LogP contribution in [0, 0.1) is 11.7 Å². The van der Waals surface area contributed by atoms with Gasteiger partial charge in [-0.3, -0.25) is 4.79 Å². The molecule has 0 saturated heterocycles. The fourth-order valence-corrected chi connectivity index (χ4v) is 3.60. The lowest BCUT2D eigenvalue weighted by molar-refractivity contribution is -0.140. The van der Waals surface area contributed by atoms with Crippen LogP contribution >= 0.6 is 0 Å². The lowest BCUT2D eigenvalue weighted by atomic mass is 9.75. The summed E-state index contributed by atoms with van der Waals surface area (Å²) in [6.07, 6.45) is 5.13. The number of para-hydroxylation sites is 1. The van der Waals surface area contributed by atoms with Crippen LogP contribution < -0.4 is 5.32 Å². The van der Waals surface area contributed by atoms with Crippen molar-refractivity contribution in [1.82, 2.24) is 0 Å². The van der Waals surface area contributed by atoms with Crippen LogP contribution in [0.4, 0.5) is 10.1 Å². The largest absolute Gasteiger partial charge is 0.481 e. The van der Waals surface area contributed by atoms with Crippen molar-refractivity contribution < 1.29 is 14.3 Å². The number of anilines is 1. The maximum atomic E-state index is 13.9. The van der Waals surface area contributed by atoms with Crippen molar-refractivity contribution in [3.05, 3.63) is 29.6 Å². The maximum Gasteiger partial charge on any atom is 0.311 e. The Hall–Kier alpha value is -1.58. The molecule has 3 nitrogen and oxygen atoms in total. The highest BCUT2D eigenvalue weighted by Gasteiger charge is 2.41. The molecule has 19 heavy (non-hydrogen) atoms. The fourth-order valence-electron chi connectivity index (χ4n) is 3.60. The number of fused-ring (bicyclic) bond motifs is 2. The standard InChI is InChI=1S/C15H18FNO2/c16-11-7-4-6-10-13(15(18)19)9-5-2-1-3-8-12(9)17-14(10)11/h4,6-7,9,12-13,17H,1-3,5,8H2,(H,18,19). The van der Waals surface area contributed by atoms with Crippen LogP contribution in [0.25, 0.3) is 0 Å². The summed E-state index contributed by atoms with van der Waals surface area (Å²) in [5, 5.41) is 12.8. The molecule has 0 radical (unpaired) electrons. The van der Waals surface area contributed by atoms with E-state index in [2.05, 4.69) is 5.32 Å². The molecule has 2 N–H and O–H groups in total. The van der Waals surface area contributed by atoms with Crippen LogP contribution in [0.2, 0.25) is 0 Å². The molecule has 1 fully saturated rings. The molecule has 0 spiro atoms. The number of carbonyl (C=O) groups is 1. The Morgan fingerprint density at radius 2 is 2.05 bits per heavy atom. The van der Waals surface area contributed by atoms with Crippen LogP contribution in [0.5, 0.6) is 0 Å². The van der Waals surface area contributed by atoms with Gasteiger partial charge in [0, 0.05) is 6.04 Å². The Morgan fingerprint density at radius 1 is 1.26 bits per heavy atom. The average molecular weight is 263 g/mol. The minimum atomic E-state index is -0.828. The number of halogens is 1. The fraction of sp³-hybridized carbons (Fsp3) is 0.533. The van der Waals surface area contributed by atoms with Crippen LogP contribution in [0.15, 0.2) is 18.2 Å². The molecule has 2 aliphatic rings. The summed E-state index contributed by atoms with van der Waals surface area (Å²) in [5.41, 5.74) is 1.01. The van der Waals surface area contributed by atoms with E-state index in [-0.39, 0.29) is 17.8 Å². The highest BCUT2D eigenvalue weighted by atomic mass is 19.1. The van der Waals surface area contributed by atoms with Gasteiger partial charge in [0.2, 0.25) is 0 Å². The summed E-state index contributed by atoms with van der Waals surface area (Å²) in [7, 11) is 0. The summed E-state index contributed by atoms with van der Waals surface area (Å²) in [6, 6.07) is 4.82. The monoisotopic (exact) mass is 263 g/mol. The zero-order valence-corrected chi connectivity index (χ0v) is 10.7. The summed E-state index contributed by atoms with van der Waals surface area (Å²) in [5.74, 6) is -1.67. The molecular formula is C15H18FNO2.